The second kappa shape index (κ2) is 8.04. The van der Waals surface area contributed by atoms with Crippen molar-refractivity contribution in [3.8, 4) is 11.5 Å². The van der Waals surface area contributed by atoms with Crippen molar-refractivity contribution in [2.75, 3.05) is 12.4 Å². The smallest absolute Gasteiger partial charge is 0.491 e. The molecule has 0 atom stereocenters. The highest BCUT2D eigenvalue weighted by Gasteiger charge is 2.41. The van der Waals surface area contributed by atoms with E-state index in [4.69, 9.17) is 4.74 Å². The van der Waals surface area contributed by atoms with Gasteiger partial charge in [0.05, 0.1) is 29.2 Å². The van der Waals surface area contributed by atoms with Crippen LogP contribution in [0.3, 0.4) is 0 Å². The van der Waals surface area contributed by atoms with Gasteiger partial charge in [-0.25, -0.2) is 19.7 Å². The number of aromatic amines is 1. The standard InChI is InChI=1S/C21H16F3N5O4/c1-9-7-8-12(32-3)14-10(2)25-19(27-16(9)14)29-20-26-11-5-4-6-13(15(11)17(30)28-20)33-18(31)21(22,23)24/h4-8H,1-3H3,(H2,25,26,27,28,29,30). The van der Waals surface area contributed by atoms with Gasteiger partial charge in [-0.15, -0.1) is 0 Å². The second-order valence-electron chi connectivity index (χ2n) is 7.02. The molecule has 4 aromatic rings. The Morgan fingerprint density at radius 3 is 2.48 bits per heavy atom. The highest BCUT2D eigenvalue weighted by Crippen LogP contribution is 2.30. The Bertz CT molecular complexity index is 1470. The minimum absolute atomic E-state index is 0.00378. The molecule has 2 aromatic carbocycles. The Balaban J connectivity index is 1.75. The summed E-state index contributed by atoms with van der Waals surface area (Å²) in [7, 11) is 1.54. The zero-order chi connectivity index (χ0) is 23.9. The molecule has 0 spiro atoms. The quantitative estimate of drug-likeness (QED) is 0.350. The van der Waals surface area contributed by atoms with Gasteiger partial charge in [-0.1, -0.05) is 12.1 Å². The van der Waals surface area contributed by atoms with E-state index in [0.29, 0.717) is 17.0 Å². The van der Waals surface area contributed by atoms with E-state index in [1.165, 1.54) is 12.1 Å². The van der Waals surface area contributed by atoms with Crippen LogP contribution in [-0.2, 0) is 4.79 Å². The maximum atomic E-state index is 12.6. The predicted octanol–water partition coefficient (Wildman–Crippen LogP) is 3.70. The number of H-pyrrole nitrogens is 1. The number of benzene rings is 2. The van der Waals surface area contributed by atoms with Gasteiger partial charge in [0.2, 0.25) is 11.9 Å². The van der Waals surface area contributed by atoms with Crippen molar-refractivity contribution < 1.29 is 27.4 Å². The third-order valence-electron chi connectivity index (χ3n) is 4.77. The first-order valence-electron chi connectivity index (χ1n) is 9.49. The van der Waals surface area contributed by atoms with E-state index in [2.05, 4.69) is 30.0 Å². The maximum absolute atomic E-state index is 12.6. The Morgan fingerprint density at radius 2 is 1.79 bits per heavy atom. The molecule has 4 rings (SSSR count). The Kier molecular flexibility index (Phi) is 5.36. The van der Waals surface area contributed by atoms with E-state index in [9.17, 15) is 22.8 Å². The molecule has 0 aliphatic carbocycles. The van der Waals surface area contributed by atoms with Crippen LogP contribution in [0.5, 0.6) is 11.5 Å². The van der Waals surface area contributed by atoms with Crippen LogP contribution in [0.1, 0.15) is 11.3 Å². The molecular formula is C21H16F3N5O4. The van der Waals surface area contributed by atoms with Crippen LogP contribution in [0.15, 0.2) is 35.1 Å². The number of esters is 1. The lowest BCUT2D eigenvalue weighted by molar-refractivity contribution is -0.189. The molecule has 12 heteroatoms. The normalized spacial score (nSPS) is 11.6. The molecule has 2 N–H and O–H groups in total. The van der Waals surface area contributed by atoms with Gasteiger partial charge in [0.1, 0.15) is 16.9 Å². The number of rotatable bonds is 4. The summed E-state index contributed by atoms with van der Waals surface area (Å²) >= 11 is 0. The predicted molar refractivity (Wildman–Crippen MR) is 113 cm³/mol. The third-order valence-corrected chi connectivity index (χ3v) is 4.77. The summed E-state index contributed by atoms with van der Waals surface area (Å²) in [5.41, 5.74) is 1.31. The van der Waals surface area contributed by atoms with E-state index >= 15 is 0 Å². The van der Waals surface area contributed by atoms with Crippen LogP contribution in [0.4, 0.5) is 25.1 Å². The van der Waals surface area contributed by atoms with Crippen molar-refractivity contribution in [1.29, 1.82) is 0 Å². The van der Waals surface area contributed by atoms with Crippen LogP contribution in [-0.4, -0.2) is 39.2 Å². The number of anilines is 2. The molecular weight excluding hydrogens is 443 g/mol. The number of fused-ring (bicyclic) bond motifs is 2. The van der Waals surface area contributed by atoms with Crippen LogP contribution < -0.4 is 20.3 Å². The average Bonchev–Trinajstić information content (AvgIpc) is 2.73. The monoisotopic (exact) mass is 459 g/mol. The second-order valence-corrected chi connectivity index (χ2v) is 7.02. The van der Waals surface area contributed by atoms with Crippen LogP contribution in [0.25, 0.3) is 21.8 Å². The number of hydrogen-bond acceptors (Lipinski definition) is 8. The summed E-state index contributed by atoms with van der Waals surface area (Å²) in [5, 5.41) is 3.23. The van der Waals surface area contributed by atoms with Crippen LogP contribution in [0, 0.1) is 13.8 Å². The molecule has 2 aromatic heterocycles. The molecule has 170 valence electrons. The Hall–Kier alpha value is -4.22. The molecule has 0 fully saturated rings. The van der Waals surface area contributed by atoms with E-state index in [0.717, 1.165) is 17.0 Å². The van der Waals surface area contributed by atoms with Crippen LogP contribution >= 0.6 is 0 Å². The summed E-state index contributed by atoms with van der Waals surface area (Å²) in [6.07, 6.45) is -5.21. The summed E-state index contributed by atoms with van der Waals surface area (Å²) in [4.78, 5) is 39.2. The van der Waals surface area contributed by atoms with Gasteiger partial charge < -0.3 is 9.47 Å². The number of methoxy groups -OCH3 is 1. The van der Waals surface area contributed by atoms with E-state index in [1.807, 2.05) is 19.1 Å². The number of alkyl halides is 3. The maximum Gasteiger partial charge on any atom is 0.491 e. The van der Waals surface area contributed by atoms with Gasteiger partial charge in [-0.2, -0.15) is 13.2 Å². The van der Waals surface area contributed by atoms with Gasteiger partial charge in [-0.05, 0) is 37.6 Å². The minimum Gasteiger partial charge on any atom is -0.496 e. The minimum atomic E-state index is -5.21. The molecule has 33 heavy (non-hydrogen) atoms. The topological polar surface area (TPSA) is 119 Å². The number of aryl methyl sites for hydroxylation is 2. The fourth-order valence-corrected chi connectivity index (χ4v) is 3.31. The van der Waals surface area contributed by atoms with Crippen molar-refractivity contribution in [2.45, 2.75) is 20.0 Å². The Labute approximate surface area is 183 Å². The lowest BCUT2D eigenvalue weighted by Crippen LogP contribution is -2.28. The van der Waals surface area contributed by atoms with Crippen LogP contribution in [0.2, 0.25) is 0 Å². The highest BCUT2D eigenvalue weighted by atomic mass is 19.4. The van der Waals surface area contributed by atoms with Crippen molar-refractivity contribution >= 4 is 39.7 Å². The lowest BCUT2D eigenvalue weighted by atomic mass is 10.1. The van der Waals surface area contributed by atoms with E-state index in [1.54, 1.807) is 14.0 Å². The first-order chi connectivity index (χ1) is 15.6. The molecule has 2 heterocycles. The molecule has 0 saturated heterocycles. The van der Waals surface area contributed by atoms with E-state index < -0.39 is 23.5 Å². The first-order valence-corrected chi connectivity index (χ1v) is 9.49. The zero-order valence-corrected chi connectivity index (χ0v) is 17.5. The lowest BCUT2D eigenvalue weighted by Gasteiger charge is -2.12. The SMILES string of the molecule is COc1ccc(C)c2nc(Nc3nc4cccc(OC(=O)C(F)(F)F)c4c(=O)[nH]3)nc(C)c12. The number of nitrogens with one attached hydrogen (secondary N) is 2. The largest absolute Gasteiger partial charge is 0.496 e. The Morgan fingerprint density at radius 1 is 1.03 bits per heavy atom. The summed E-state index contributed by atoms with van der Waals surface area (Å²) in [6.45, 7) is 3.65. The molecule has 0 bridgehead atoms. The van der Waals surface area contributed by atoms with E-state index in [-0.39, 0.29) is 22.8 Å². The fourth-order valence-electron chi connectivity index (χ4n) is 3.31. The average molecular weight is 459 g/mol. The van der Waals surface area contributed by atoms with Crippen molar-refractivity contribution in [2.24, 2.45) is 0 Å². The molecule has 0 amide bonds. The molecule has 0 unspecified atom stereocenters. The van der Waals surface area contributed by atoms with Crippen molar-refractivity contribution in [3.05, 3.63) is 51.9 Å². The molecule has 0 radical (unpaired) electrons. The summed E-state index contributed by atoms with van der Waals surface area (Å²) < 4.78 is 47.4. The number of aromatic nitrogens is 4. The third kappa shape index (κ3) is 4.14. The number of hydrogen-bond donors (Lipinski definition) is 2. The highest BCUT2D eigenvalue weighted by molar-refractivity contribution is 5.91. The van der Waals surface area contributed by atoms with Gasteiger partial charge in [0.25, 0.3) is 5.56 Å². The fraction of sp³-hybridized carbons (Fsp3) is 0.190. The van der Waals surface area contributed by atoms with Gasteiger partial charge >= 0.3 is 12.1 Å². The summed E-state index contributed by atoms with van der Waals surface area (Å²) in [5.74, 6) is -2.31. The molecule has 9 nitrogen and oxygen atoms in total. The number of ether oxygens (including phenoxy) is 2. The van der Waals surface area contributed by atoms with Gasteiger partial charge in [0.15, 0.2) is 0 Å². The van der Waals surface area contributed by atoms with Crippen molar-refractivity contribution in [3.63, 3.8) is 0 Å². The number of nitrogens with zero attached hydrogens (tertiary/aromatic N) is 3. The number of carbonyl (C=O) groups excluding carboxylic acids is 1. The number of halogens is 3. The molecule has 0 saturated carbocycles. The van der Waals surface area contributed by atoms with Gasteiger partial charge in [0, 0.05) is 0 Å². The number of carbonyl (C=O) groups is 1. The summed E-state index contributed by atoms with van der Waals surface area (Å²) in [6, 6.07) is 7.43. The first kappa shape index (κ1) is 22.0. The van der Waals surface area contributed by atoms with Crippen molar-refractivity contribution in [1.82, 2.24) is 19.9 Å². The molecule has 0 aliphatic heterocycles. The molecule has 0 aliphatic rings. The zero-order valence-electron chi connectivity index (χ0n) is 17.5. The van der Waals surface area contributed by atoms with Gasteiger partial charge in [-0.3, -0.25) is 15.1 Å².